The molecular formula is C21H20N4O. The van der Waals surface area contributed by atoms with E-state index in [1.54, 1.807) is 6.20 Å². The molecule has 5 nitrogen and oxygen atoms in total. The van der Waals surface area contributed by atoms with Crippen molar-refractivity contribution in [3.05, 3.63) is 54.9 Å². The normalized spacial score (nSPS) is 16.8. The molecular weight excluding hydrogens is 324 g/mol. The lowest BCUT2D eigenvalue weighted by atomic mass is 10.1. The highest BCUT2D eigenvalue weighted by molar-refractivity contribution is 6.09. The van der Waals surface area contributed by atoms with Crippen LogP contribution in [0.1, 0.15) is 20.8 Å². The van der Waals surface area contributed by atoms with E-state index < -0.39 is 0 Å². The molecule has 5 heteroatoms. The zero-order chi connectivity index (χ0) is 17.8. The fourth-order valence-electron chi connectivity index (χ4n) is 4.09. The molecule has 0 radical (unpaired) electrons. The standard InChI is InChI=1S/C21H20N4O/c1-13(2)24-14(3)25(18-10-6-11-22-20(18)24)17-9-4-7-15-16-8-5-12-23-21(16)26-19(15)17/h4-14H,1-3H3. The maximum absolute atomic E-state index is 6.16. The first-order valence-corrected chi connectivity index (χ1v) is 8.95. The summed E-state index contributed by atoms with van der Waals surface area (Å²) in [7, 11) is 0. The van der Waals surface area contributed by atoms with Gasteiger partial charge in [-0.05, 0) is 51.1 Å². The maximum atomic E-state index is 6.16. The van der Waals surface area contributed by atoms with E-state index in [9.17, 15) is 0 Å². The third-order valence-corrected chi connectivity index (χ3v) is 5.12. The van der Waals surface area contributed by atoms with Crippen molar-refractivity contribution in [2.45, 2.75) is 33.0 Å². The summed E-state index contributed by atoms with van der Waals surface area (Å²) in [5.41, 5.74) is 3.70. The summed E-state index contributed by atoms with van der Waals surface area (Å²) in [5, 5.41) is 2.13. The van der Waals surface area contributed by atoms with Gasteiger partial charge in [-0.3, -0.25) is 0 Å². The number of aromatic nitrogens is 2. The van der Waals surface area contributed by atoms with Crippen LogP contribution in [0.5, 0.6) is 0 Å². The van der Waals surface area contributed by atoms with Crippen LogP contribution in [-0.4, -0.2) is 22.2 Å². The van der Waals surface area contributed by atoms with Gasteiger partial charge in [0.05, 0.1) is 11.4 Å². The van der Waals surface area contributed by atoms with E-state index in [-0.39, 0.29) is 6.17 Å². The van der Waals surface area contributed by atoms with Crippen LogP contribution in [0.15, 0.2) is 59.3 Å². The number of benzene rings is 1. The number of para-hydroxylation sites is 1. The van der Waals surface area contributed by atoms with Crippen LogP contribution in [0.4, 0.5) is 17.2 Å². The van der Waals surface area contributed by atoms with Crippen LogP contribution in [0, 0.1) is 0 Å². The molecule has 0 bridgehead atoms. The quantitative estimate of drug-likeness (QED) is 0.507. The first-order valence-electron chi connectivity index (χ1n) is 8.95. The fraction of sp³-hybridized carbons (Fsp3) is 0.238. The van der Waals surface area contributed by atoms with E-state index in [2.05, 4.69) is 70.9 Å². The van der Waals surface area contributed by atoms with Crippen LogP contribution >= 0.6 is 0 Å². The average molecular weight is 344 g/mol. The van der Waals surface area contributed by atoms with Gasteiger partial charge in [0.1, 0.15) is 6.17 Å². The van der Waals surface area contributed by atoms with Crippen molar-refractivity contribution in [3.8, 4) is 0 Å². The fourth-order valence-corrected chi connectivity index (χ4v) is 4.09. The summed E-state index contributed by atoms with van der Waals surface area (Å²) in [4.78, 5) is 13.7. The molecule has 1 unspecified atom stereocenters. The Morgan fingerprint density at radius 2 is 1.65 bits per heavy atom. The molecule has 0 N–H and O–H groups in total. The maximum Gasteiger partial charge on any atom is 0.227 e. The third-order valence-electron chi connectivity index (χ3n) is 5.12. The Labute approximate surface area is 151 Å². The zero-order valence-corrected chi connectivity index (χ0v) is 15.0. The van der Waals surface area contributed by atoms with Crippen molar-refractivity contribution in [1.29, 1.82) is 0 Å². The zero-order valence-electron chi connectivity index (χ0n) is 15.0. The molecule has 0 saturated carbocycles. The van der Waals surface area contributed by atoms with Gasteiger partial charge in [-0.15, -0.1) is 0 Å². The second-order valence-electron chi connectivity index (χ2n) is 6.96. The van der Waals surface area contributed by atoms with Crippen LogP contribution < -0.4 is 9.80 Å². The number of nitrogens with zero attached hydrogens (tertiary/aromatic N) is 4. The number of rotatable bonds is 2. The lowest BCUT2D eigenvalue weighted by Crippen LogP contribution is -2.42. The van der Waals surface area contributed by atoms with Gasteiger partial charge < -0.3 is 14.2 Å². The topological polar surface area (TPSA) is 45.4 Å². The molecule has 1 atom stereocenters. The van der Waals surface area contributed by atoms with Crippen molar-refractivity contribution in [3.63, 3.8) is 0 Å². The molecule has 26 heavy (non-hydrogen) atoms. The van der Waals surface area contributed by atoms with Crippen LogP contribution in [0.25, 0.3) is 22.1 Å². The minimum atomic E-state index is 0.145. The lowest BCUT2D eigenvalue weighted by molar-refractivity contribution is 0.598. The Morgan fingerprint density at radius 3 is 2.50 bits per heavy atom. The highest BCUT2D eigenvalue weighted by Crippen LogP contribution is 2.46. The molecule has 1 aliphatic heterocycles. The van der Waals surface area contributed by atoms with Crippen molar-refractivity contribution >= 4 is 39.3 Å². The van der Waals surface area contributed by atoms with Crippen LogP contribution in [-0.2, 0) is 0 Å². The van der Waals surface area contributed by atoms with Gasteiger partial charge >= 0.3 is 0 Å². The summed E-state index contributed by atoms with van der Waals surface area (Å²) in [6.45, 7) is 6.61. The molecule has 0 fully saturated rings. The number of pyridine rings is 2. The van der Waals surface area contributed by atoms with E-state index in [1.807, 2.05) is 18.3 Å². The van der Waals surface area contributed by atoms with E-state index in [0.717, 1.165) is 33.5 Å². The number of anilines is 3. The van der Waals surface area contributed by atoms with E-state index in [0.29, 0.717) is 11.8 Å². The summed E-state index contributed by atoms with van der Waals surface area (Å²) in [6, 6.07) is 14.8. The summed E-state index contributed by atoms with van der Waals surface area (Å²) in [6.07, 6.45) is 3.77. The van der Waals surface area contributed by atoms with Gasteiger partial charge in [0, 0.05) is 29.2 Å². The van der Waals surface area contributed by atoms with Gasteiger partial charge in [0.2, 0.25) is 5.71 Å². The van der Waals surface area contributed by atoms with Crippen molar-refractivity contribution in [2.75, 3.05) is 9.80 Å². The minimum absolute atomic E-state index is 0.145. The minimum Gasteiger partial charge on any atom is -0.436 e. The smallest absolute Gasteiger partial charge is 0.227 e. The highest BCUT2D eigenvalue weighted by atomic mass is 16.3. The third kappa shape index (κ3) is 1.97. The van der Waals surface area contributed by atoms with Crippen LogP contribution in [0.3, 0.4) is 0 Å². The molecule has 5 rings (SSSR count). The average Bonchev–Trinajstić information content (AvgIpc) is 3.16. The second kappa shape index (κ2) is 5.46. The number of hydrogen-bond acceptors (Lipinski definition) is 5. The van der Waals surface area contributed by atoms with Gasteiger partial charge in [0.15, 0.2) is 11.4 Å². The Morgan fingerprint density at radius 1 is 0.923 bits per heavy atom. The summed E-state index contributed by atoms with van der Waals surface area (Å²) in [5.74, 6) is 1.02. The molecule has 0 aliphatic carbocycles. The Balaban J connectivity index is 1.78. The molecule has 130 valence electrons. The molecule has 4 heterocycles. The van der Waals surface area contributed by atoms with Gasteiger partial charge in [-0.1, -0.05) is 12.1 Å². The molecule has 1 aliphatic rings. The summed E-state index contributed by atoms with van der Waals surface area (Å²) < 4.78 is 6.16. The molecule has 4 aromatic rings. The number of fused-ring (bicyclic) bond motifs is 4. The van der Waals surface area contributed by atoms with E-state index >= 15 is 0 Å². The van der Waals surface area contributed by atoms with Crippen molar-refractivity contribution in [2.24, 2.45) is 0 Å². The second-order valence-corrected chi connectivity index (χ2v) is 6.96. The van der Waals surface area contributed by atoms with Gasteiger partial charge in [-0.25, -0.2) is 9.97 Å². The molecule has 1 aromatic carbocycles. The Hall–Kier alpha value is -3.08. The molecule has 0 spiro atoms. The van der Waals surface area contributed by atoms with Crippen LogP contribution in [0.2, 0.25) is 0 Å². The van der Waals surface area contributed by atoms with Gasteiger partial charge in [0.25, 0.3) is 0 Å². The van der Waals surface area contributed by atoms with E-state index in [1.165, 1.54) is 0 Å². The Kier molecular flexibility index (Phi) is 3.19. The largest absolute Gasteiger partial charge is 0.436 e. The van der Waals surface area contributed by atoms with E-state index in [4.69, 9.17) is 4.42 Å². The Bertz CT molecular complexity index is 1120. The first-order chi connectivity index (χ1) is 12.7. The number of furan rings is 1. The lowest BCUT2D eigenvalue weighted by Gasteiger charge is -2.32. The predicted octanol–water partition coefficient (Wildman–Crippen LogP) is 5.09. The molecule has 3 aromatic heterocycles. The molecule has 0 saturated heterocycles. The molecule has 0 amide bonds. The first kappa shape index (κ1) is 15.2. The number of hydrogen-bond donors (Lipinski definition) is 0. The van der Waals surface area contributed by atoms with Gasteiger partial charge in [-0.2, -0.15) is 0 Å². The highest BCUT2D eigenvalue weighted by Gasteiger charge is 2.37. The van der Waals surface area contributed by atoms with Crippen molar-refractivity contribution in [1.82, 2.24) is 9.97 Å². The predicted molar refractivity (Wildman–Crippen MR) is 105 cm³/mol. The van der Waals surface area contributed by atoms with Crippen molar-refractivity contribution < 1.29 is 4.42 Å². The SMILES string of the molecule is CC(C)N1c2ncccc2N(c2cccc3c2oc2ncccc23)C1C. The monoisotopic (exact) mass is 344 g/mol. The summed E-state index contributed by atoms with van der Waals surface area (Å²) >= 11 is 0.